The van der Waals surface area contributed by atoms with Crippen molar-refractivity contribution >= 4 is 64.6 Å². The second kappa shape index (κ2) is 39.1. The van der Waals surface area contributed by atoms with E-state index in [9.17, 15) is 9.59 Å². The van der Waals surface area contributed by atoms with Crippen LogP contribution in [0.25, 0.3) is 45.5 Å². The Bertz CT molecular complexity index is 3420. The largest absolute Gasteiger partial charge is 0.481 e. The molecule has 17 nitrogen and oxygen atoms in total. The Labute approximate surface area is 581 Å². The van der Waals surface area contributed by atoms with E-state index in [1.807, 2.05) is 72.3 Å². The molecule has 0 saturated carbocycles. The number of hydrogen-bond donors (Lipinski definition) is 3. The molecule has 0 spiro atoms. The van der Waals surface area contributed by atoms with E-state index in [1.54, 1.807) is 9.80 Å². The molecule has 6 aliphatic rings. The normalized spacial score (nSPS) is 14.9. The molecule has 506 valence electrons. The SMILES string of the molecule is Brc1ccnc2c1-c1ccccc1C2.C.C.C(=C\c1ccnc2c1-c1ccccc1C2)/CN1CCNCC1.C=CCN1CCN(C(=O)OC(C)(C)C)CC1.CC(=O)O.CC(=O)O.CC(C)(C)OC(=O)N1CCN(C/C=C/c2ccnc3c2-c2ccccc2C3)CC1.Cl.[Pd]. The Kier molecular flexibility index (Phi) is 33.7. The first-order chi connectivity index (χ1) is 42.6. The van der Waals surface area contributed by atoms with Gasteiger partial charge in [0, 0.05) is 191 Å². The van der Waals surface area contributed by atoms with Gasteiger partial charge < -0.3 is 34.8 Å². The summed E-state index contributed by atoms with van der Waals surface area (Å²) in [4.78, 5) is 66.2. The number of rotatable bonds is 8. The average Bonchev–Trinajstić information content (AvgIpc) is 1.66. The molecule has 93 heavy (non-hydrogen) atoms. The van der Waals surface area contributed by atoms with E-state index in [0.717, 1.165) is 123 Å². The molecule has 0 unspecified atom stereocenters. The summed E-state index contributed by atoms with van der Waals surface area (Å²) in [5, 5.41) is 18.2. The summed E-state index contributed by atoms with van der Waals surface area (Å²) in [6.45, 7) is 30.9. The van der Waals surface area contributed by atoms with E-state index in [1.165, 1.54) is 78.3 Å². The molecule has 3 aliphatic heterocycles. The molecule has 3 aromatic heterocycles. The fourth-order valence-corrected chi connectivity index (χ4v) is 11.6. The van der Waals surface area contributed by atoms with Gasteiger partial charge in [-0.15, -0.1) is 19.0 Å². The summed E-state index contributed by atoms with van der Waals surface area (Å²) in [6.07, 6.45) is 19.0. The van der Waals surface area contributed by atoms with Crippen LogP contribution in [-0.2, 0) is 58.7 Å². The van der Waals surface area contributed by atoms with Crippen molar-refractivity contribution in [3.8, 4) is 33.4 Å². The number of fused-ring (bicyclic) bond motifs is 9. The Morgan fingerprint density at radius 3 is 1.22 bits per heavy atom. The van der Waals surface area contributed by atoms with Crippen LogP contribution in [-0.4, -0.2) is 183 Å². The molecule has 0 radical (unpaired) electrons. The number of halogens is 2. The van der Waals surface area contributed by atoms with Crippen LogP contribution >= 0.6 is 28.3 Å². The molecular formula is C73H97BrClN9O8Pd. The van der Waals surface area contributed by atoms with Gasteiger partial charge in [-0.3, -0.25) is 39.2 Å². The van der Waals surface area contributed by atoms with E-state index in [2.05, 4.69) is 167 Å². The number of nitrogens with zero attached hydrogens (tertiary/aromatic N) is 8. The van der Waals surface area contributed by atoms with Gasteiger partial charge in [0.25, 0.3) is 11.9 Å². The third-order valence-corrected chi connectivity index (χ3v) is 15.7. The van der Waals surface area contributed by atoms with Gasteiger partial charge in [0.05, 0.1) is 17.1 Å². The predicted molar refractivity (Wildman–Crippen MR) is 379 cm³/mol. The first kappa shape index (κ1) is 80.3. The molecule has 6 heterocycles. The summed E-state index contributed by atoms with van der Waals surface area (Å²) >= 11 is 3.58. The standard InChI is InChI=1S/C24H29N3O2.C19H21N3.C12H8BrN.C12H22N2O2.2C2H4O2.2CH4.ClH.Pd/c1-24(2,3)29-23(28)27-15-13-26(14-16-27)12-6-8-18-10-11-25-21-17-19-7-4-5-9-20(19)22(18)21;1-2-6-17-16(4-1)14-18-19(17)15(7-8-21-18)5-3-11-22-12-9-20-10-13-22;13-10-5-6-14-11-7-8-3-1-2-4-9(8)12(10)11;1-5-6-13-7-9-14(10-8-13)11(15)16-12(2,3)4;2*1-2(3)4;;;;/h4-11H,12-17H2,1-3H3;1-8,20H,9-14H2;1-6H,7H2;5H,1,6-10H2,2-4H3;2*1H3,(H,3,4);2*1H4;1H;/b8-6+;5-3+;;;;;;;;. The Hall–Kier alpha value is -6.92. The molecule has 3 aliphatic carbocycles. The smallest absolute Gasteiger partial charge is 0.410 e. The molecule has 0 atom stereocenters. The van der Waals surface area contributed by atoms with Gasteiger partial charge in [-0.25, -0.2) is 9.59 Å². The number of carboxylic acid groups (broad SMARTS) is 2. The van der Waals surface area contributed by atoms with E-state index in [-0.39, 0.29) is 59.9 Å². The van der Waals surface area contributed by atoms with Gasteiger partial charge in [0.1, 0.15) is 11.2 Å². The molecule has 12 rings (SSSR count). The molecule has 3 fully saturated rings. The van der Waals surface area contributed by atoms with Gasteiger partial charge in [-0.2, -0.15) is 0 Å². The number of nitrogens with one attached hydrogen (secondary N) is 1. The quantitative estimate of drug-likeness (QED) is 0.0960. The molecule has 3 aromatic carbocycles. The summed E-state index contributed by atoms with van der Waals surface area (Å²) in [5.74, 6) is -1.67. The van der Waals surface area contributed by atoms with Crippen LogP contribution in [0.3, 0.4) is 0 Å². The van der Waals surface area contributed by atoms with Crippen molar-refractivity contribution in [3.63, 3.8) is 0 Å². The number of aromatic nitrogens is 3. The van der Waals surface area contributed by atoms with Crippen molar-refractivity contribution < 1.29 is 59.3 Å². The van der Waals surface area contributed by atoms with Crippen LogP contribution in [0.15, 0.2) is 139 Å². The summed E-state index contributed by atoms with van der Waals surface area (Å²) in [5.41, 5.74) is 17.2. The summed E-state index contributed by atoms with van der Waals surface area (Å²) < 4.78 is 11.9. The average molecular weight is 1450 g/mol. The monoisotopic (exact) mass is 1450 g/mol. The molecule has 20 heteroatoms. The topological polar surface area (TPSA) is 194 Å². The number of aliphatic carboxylic acids is 2. The van der Waals surface area contributed by atoms with E-state index < -0.39 is 23.1 Å². The van der Waals surface area contributed by atoms with Gasteiger partial charge in [-0.1, -0.05) is 134 Å². The minimum Gasteiger partial charge on any atom is -0.481 e. The number of pyridine rings is 3. The second-order valence-electron chi connectivity index (χ2n) is 24.3. The molecule has 0 bridgehead atoms. The number of carbonyl (C=O) groups excluding carboxylic acids is 2. The van der Waals surface area contributed by atoms with Crippen molar-refractivity contribution in [2.45, 2.75) is 101 Å². The van der Waals surface area contributed by atoms with E-state index in [0.29, 0.717) is 13.1 Å². The number of hydrogen-bond acceptors (Lipinski definition) is 13. The zero-order valence-electron chi connectivity index (χ0n) is 53.7. The Morgan fingerprint density at radius 1 is 0.527 bits per heavy atom. The maximum Gasteiger partial charge on any atom is 0.410 e. The third-order valence-electron chi connectivity index (χ3n) is 15.0. The van der Waals surface area contributed by atoms with Crippen molar-refractivity contribution in [2.75, 3.05) is 98.2 Å². The number of piperazine rings is 3. The summed E-state index contributed by atoms with van der Waals surface area (Å²) in [7, 11) is 0. The molecule has 6 aromatic rings. The van der Waals surface area contributed by atoms with Crippen LogP contribution in [0.4, 0.5) is 9.59 Å². The number of carboxylic acids is 2. The maximum absolute atomic E-state index is 12.2. The van der Waals surface area contributed by atoms with E-state index in [4.69, 9.17) is 29.3 Å². The fraction of sp³-hybridized carbons (Fsp3) is 0.411. The maximum atomic E-state index is 12.2. The number of benzene rings is 3. The van der Waals surface area contributed by atoms with Crippen LogP contribution in [0.1, 0.15) is 115 Å². The second-order valence-corrected chi connectivity index (χ2v) is 25.1. The van der Waals surface area contributed by atoms with Gasteiger partial charge >= 0.3 is 12.2 Å². The van der Waals surface area contributed by atoms with Gasteiger partial charge in [0.15, 0.2) is 0 Å². The minimum absolute atomic E-state index is 0. The predicted octanol–water partition coefficient (Wildman–Crippen LogP) is 13.8. The Balaban J connectivity index is 0.000000316. The minimum atomic E-state index is -0.833. The zero-order valence-corrected chi connectivity index (χ0v) is 57.7. The zero-order chi connectivity index (χ0) is 64.1. The third kappa shape index (κ3) is 25.1. The number of carbonyl (C=O) groups is 4. The summed E-state index contributed by atoms with van der Waals surface area (Å²) in [6, 6.07) is 32.0. The van der Waals surface area contributed by atoms with Crippen molar-refractivity contribution in [1.29, 1.82) is 0 Å². The first-order valence-corrected chi connectivity index (χ1v) is 31.4. The van der Waals surface area contributed by atoms with Crippen LogP contribution in [0.2, 0.25) is 0 Å². The molecule has 3 N–H and O–H groups in total. The molecule has 2 amide bonds. The van der Waals surface area contributed by atoms with Crippen molar-refractivity contribution in [2.24, 2.45) is 0 Å². The van der Waals surface area contributed by atoms with Crippen molar-refractivity contribution in [3.05, 3.63) is 184 Å². The van der Waals surface area contributed by atoms with Crippen LogP contribution < -0.4 is 5.32 Å². The van der Waals surface area contributed by atoms with Gasteiger partial charge in [-0.05, 0) is 104 Å². The van der Waals surface area contributed by atoms with E-state index >= 15 is 0 Å². The number of amides is 2. The molecule has 3 saturated heterocycles. The van der Waals surface area contributed by atoms with Crippen molar-refractivity contribution in [1.82, 2.24) is 44.8 Å². The first-order valence-electron chi connectivity index (χ1n) is 30.6. The van der Waals surface area contributed by atoms with Gasteiger partial charge in [0.2, 0.25) is 0 Å². The molecular weight excluding hydrogens is 1350 g/mol. The van der Waals surface area contributed by atoms with Crippen LogP contribution in [0.5, 0.6) is 0 Å². The Morgan fingerprint density at radius 2 is 0.849 bits per heavy atom. The number of ether oxygens (including phenoxy) is 2. The fourth-order valence-electron chi connectivity index (χ4n) is 11.0. The van der Waals surface area contributed by atoms with Crippen LogP contribution in [0, 0.1) is 0 Å².